The summed E-state index contributed by atoms with van der Waals surface area (Å²) in [7, 11) is 0. The first kappa shape index (κ1) is 16.7. The van der Waals surface area contributed by atoms with Crippen molar-refractivity contribution in [1.29, 1.82) is 0 Å². The second-order valence-corrected chi connectivity index (χ2v) is 5.85. The highest BCUT2D eigenvalue weighted by molar-refractivity contribution is 6.06. The quantitative estimate of drug-likeness (QED) is 0.443. The van der Waals surface area contributed by atoms with Crippen LogP contribution in [-0.4, -0.2) is 5.78 Å². The minimum absolute atomic E-state index is 0.000444. The summed E-state index contributed by atoms with van der Waals surface area (Å²) in [4.78, 5) is 12.1. The monoisotopic (exact) mass is 328 g/mol. The zero-order chi connectivity index (χ0) is 17.5. The molecule has 0 atom stereocenters. The summed E-state index contributed by atoms with van der Waals surface area (Å²) >= 11 is 0. The highest BCUT2D eigenvalue weighted by atomic mass is 16.5. The van der Waals surface area contributed by atoms with E-state index in [2.05, 4.69) is 19.1 Å². The molecule has 0 fully saturated rings. The summed E-state index contributed by atoms with van der Waals surface area (Å²) in [6.45, 7) is 2.63. The van der Waals surface area contributed by atoms with Gasteiger partial charge < -0.3 is 4.74 Å². The molecule has 0 saturated carbocycles. The van der Waals surface area contributed by atoms with Crippen LogP contribution in [0.25, 0.3) is 6.08 Å². The van der Waals surface area contributed by atoms with Gasteiger partial charge in [-0.05, 0) is 41.8 Å². The van der Waals surface area contributed by atoms with Gasteiger partial charge in [0.2, 0.25) is 0 Å². The fourth-order valence-corrected chi connectivity index (χ4v) is 2.48. The molecule has 0 bridgehead atoms. The smallest absolute Gasteiger partial charge is 0.185 e. The van der Waals surface area contributed by atoms with Crippen LogP contribution in [0.1, 0.15) is 27.0 Å². The predicted molar refractivity (Wildman–Crippen MR) is 102 cm³/mol. The van der Waals surface area contributed by atoms with E-state index in [-0.39, 0.29) is 5.78 Å². The molecule has 0 aliphatic carbocycles. The van der Waals surface area contributed by atoms with Crippen molar-refractivity contribution in [3.8, 4) is 5.75 Å². The fraction of sp³-hybridized carbons (Fsp3) is 0.0870. The second kappa shape index (κ2) is 8.11. The number of benzene rings is 3. The lowest BCUT2D eigenvalue weighted by molar-refractivity contribution is 0.104. The third-order valence-electron chi connectivity index (χ3n) is 4.02. The second-order valence-electron chi connectivity index (χ2n) is 5.85. The maximum atomic E-state index is 12.1. The molecule has 124 valence electrons. The van der Waals surface area contributed by atoms with E-state index >= 15 is 0 Å². The van der Waals surface area contributed by atoms with Crippen molar-refractivity contribution in [2.45, 2.75) is 13.5 Å². The first-order chi connectivity index (χ1) is 12.2. The molecule has 3 rings (SSSR count). The zero-order valence-electron chi connectivity index (χ0n) is 14.2. The van der Waals surface area contributed by atoms with Crippen molar-refractivity contribution < 1.29 is 9.53 Å². The Bertz CT molecular complexity index is 862. The SMILES string of the molecule is Cc1ccccc1COc1ccc(/C=C/C(=O)c2ccccc2)cc1. The number of hydrogen-bond donors (Lipinski definition) is 0. The Labute approximate surface area is 148 Å². The lowest BCUT2D eigenvalue weighted by atomic mass is 10.1. The number of carbonyl (C=O) groups is 1. The Morgan fingerprint density at radius 3 is 2.28 bits per heavy atom. The van der Waals surface area contributed by atoms with Crippen molar-refractivity contribution >= 4 is 11.9 Å². The first-order valence-corrected chi connectivity index (χ1v) is 8.27. The lowest BCUT2D eigenvalue weighted by Gasteiger charge is -2.08. The van der Waals surface area contributed by atoms with Gasteiger partial charge >= 0.3 is 0 Å². The molecule has 0 aliphatic heterocycles. The molecular weight excluding hydrogens is 308 g/mol. The summed E-state index contributed by atoms with van der Waals surface area (Å²) < 4.78 is 5.83. The minimum atomic E-state index is 0.000444. The number of hydrogen-bond acceptors (Lipinski definition) is 2. The Morgan fingerprint density at radius 1 is 0.880 bits per heavy atom. The van der Waals surface area contributed by atoms with Gasteiger partial charge in [0.1, 0.15) is 12.4 Å². The highest BCUT2D eigenvalue weighted by Gasteiger charge is 2.01. The van der Waals surface area contributed by atoms with E-state index in [0.29, 0.717) is 12.2 Å². The van der Waals surface area contributed by atoms with Crippen molar-refractivity contribution in [2.75, 3.05) is 0 Å². The van der Waals surface area contributed by atoms with E-state index in [1.807, 2.05) is 72.8 Å². The van der Waals surface area contributed by atoms with E-state index in [4.69, 9.17) is 4.74 Å². The van der Waals surface area contributed by atoms with Crippen molar-refractivity contribution in [3.63, 3.8) is 0 Å². The molecule has 0 radical (unpaired) electrons. The molecule has 0 N–H and O–H groups in total. The number of rotatable bonds is 6. The highest BCUT2D eigenvalue weighted by Crippen LogP contribution is 2.16. The third kappa shape index (κ3) is 4.67. The van der Waals surface area contributed by atoms with Gasteiger partial charge in [0.15, 0.2) is 5.78 Å². The topological polar surface area (TPSA) is 26.3 Å². The number of allylic oxidation sites excluding steroid dienone is 1. The molecule has 2 nitrogen and oxygen atoms in total. The van der Waals surface area contributed by atoms with Crippen LogP contribution < -0.4 is 4.74 Å². The van der Waals surface area contributed by atoms with E-state index in [9.17, 15) is 4.79 Å². The molecule has 0 spiro atoms. The molecule has 3 aromatic rings. The molecular formula is C23H20O2. The van der Waals surface area contributed by atoms with E-state index in [1.165, 1.54) is 11.1 Å². The standard InChI is InChI=1S/C23H20O2/c1-18-7-5-6-10-21(18)17-25-22-14-11-19(12-15-22)13-16-23(24)20-8-3-2-4-9-20/h2-16H,17H2,1H3/b16-13+. The Kier molecular flexibility index (Phi) is 5.43. The summed E-state index contributed by atoms with van der Waals surface area (Å²) in [6, 6.07) is 25.2. The van der Waals surface area contributed by atoms with Gasteiger partial charge in [-0.1, -0.05) is 72.8 Å². The zero-order valence-corrected chi connectivity index (χ0v) is 14.2. The lowest BCUT2D eigenvalue weighted by Crippen LogP contribution is -1.97. The normalized spacial score (nSPS) is 10.8. The van der Waals surface area contributed by atoms with Gasteiger partial charge in [0.05, 0.1) is 0 Å². The minimum Gasteiger partial charge on any atom is -0.489 e. The molecule has 2 heteroatoms. The van der Waals surface area contributed by atoms with Gasteiger partial charge in [-0.2, -0.15) is 0 Å². The maximum Gasteiger partial charge on any atom is 0.185 e. The Balaban J connectivity index is 1.60. The van der Waals surface area contributed by atoms with Crippen LogP contribution in [0.15, 0.2) is 84.9 Å². The Morgan fingerprint density at radius 2 is 1.56 bits per heavy atom. The van der Waals surface area contributed by atoms with Crippen LogP contribution >= 0.6 is 0 Å². The molecule has 0 amide bonds. The average molecular weight is 328 g/mol. The van der Waals surface area contributed by atoms with Crippen LogP contribution in [-0.2, 0) is 6.61 Å². The van der Waals surface area contributed by atoms with Gasteiger partial charge in [-0.25, -0.2) is 0 Å². The van der Waals surface area contributed by atoms with Crippen molar-refractivity contribution in [2.24, 2.45) is 0 Å². The molecule has 25 heavy (non-hydrogen) atoms. The van der Waals surface area contributed by atoms with Crippen LogP contribution in [0, 0.1) is 6.92 Å². The number of carbonyl (C=O) groups excluding carboxylic acids is 1. The van der Waals surface area contributed by atoms with E-state index in [0.717, 1.165) is 11.3 Å². The van der Waals surface area contributed by atoms with Crippen LogP contribution in [0.2, 0.25) is 0 Å². The van der Waals surface area contributed by atoms with Crippen molar-refractivity contribution in [3.05, 3.63) is 107 Å². The molecule has 3 aromatic carbocycles. The van der Waals surface area contributed by atoms with Crippen LogP contribution in [0.4, 0.5) is 0 Å². The summed E-state index contributed by atoms with van der Waals surface area (Å²) in [6.07, 6.45) is 3.42. The Hall–Kier alpha value is -3.13. The summed E-state index contributed by atoms with van der Waals surface area (Å²) in [5, 5.41) is 0. The van der Waals surface area contributed by atoms with Gasteiger partial charge in [0, 0.05) is 5.56 Å². The van der Waals surface area contributed by atoms with Crippen LogP contribution in [0.3, 0.4) is 0 Å². The van der Waals surface area contributed by atoms with Gasteiger partial charge in [-0.3, -0.25) is 4.79 Å². The summed E-state index contributed by atoms with van der Waals surface area (Å²) in [5.41, 5.74) is 4.06. The number of ketones is 1. The number of ether oxygens (including phenoxy) is 1. The van der Waals surface area contributed by atoms with Crippen molar-refractivity contribution in [1.82, 2.24) is 0 Å². The van der Waals surface area contributed by atoms with Crippen LogP contribution in [0.5, 0.6) is 5.75 Å². The third-order valence-corrected chi connectivity index (χ3v) is 4.02. The van der Waals surface area contributed by atoms with Gasteiger partial charge in [0.25, 0.3) is 0 Å². The fourth-order valence-electron chi connectivity index (χ4n) is 2.48. The largest absolute Gasteiger partial charge is 0.489 e. The van der Waals surface area contributed by atoms with E-state index < -0.39 is 0 Å². The molecule has 0 aliphatic rings. The van der Waals surface area contributed by atoms with Gasteiger partial charge in [-0.15, -0.1) is 0 Å². The first-order valence-electron chi connectivity index (χ1n) is 8.27. The average Bonchev–Trinajstić information content (AvgIpc) is 2.67. The van der Waals surface area contributed by atoms with E-state index in [1.54, 1.807) is 6.08 Å². The number of aryl methyl sites for hydroxylation is 1. The molecule has 0 heterocycles. The molecule has 0 saturated heterocycles. The molecule has 0 aromatic heterocycles. The molecule has 0 unspecified atom stereocenters. The summed E-state index contributed by atoms with van der Waals surface area (Å²) in [5.74, 6) is 0.815. The predicted octanol–water partition coefficient (Wildman–Crippen LogP) is 5.47. The maximum absolute atomic E-state index is 12.1.